The average Bonchev–Trinajstić information content (AvgIpc) is 3.31. The second-order valence-electron chi connectivity index (χ2n) is 6.42. The highest BCUT2D eigenvalue weighted by Crippen LogP contribution is 2.34. The van der Waals surface area contributed by atoms with Gasteiger partial charge in [0.1, 0.15) is 17.2 Å². The van der Waals surface area contributed by atoms with Gasteiger partial charge in [-0.15, -0.1) is 11.3 Å². The van der Waals surface area contributed by atoms with Crippen LogP contribution in [0.3, 0.4) is 0 Å². The molecule has 2 aromatic heterocycles. The molecule has 0 bridgehead atoms. The third kappa shape index (κ3) is 3.54. The average molecular weight is 415 g/mol. The molecule has 0 aliphatic carbocycles. The molecule has 2 N–H and O–H groups in total. The lowest BCUT2D eigenvalue weighted by Gasteiger charge is -2.12. The van der Waals surface area contributed by atoms with Gasteiger partial charge in [-0.1, -0.05) is 6.92 Å². The summed E-state index contributed by atoms with van der Waals surface area (Å²) >= 11 is 1.11. The smallest absolute Gasteiger partial charge is 0.337 e. The zero-order chi connectivity index (χ0) is 20.5. The number of benzene rings is 1. The van der Waals surface area contributed by atoms with Crippen molar-refractivity contribution in [1.82, 2.24) is 9.55 Å². The number of hydrogen-bond donors (Lipinski definition) is 2. The number of carbonyl (C=O) groups excluding carboxylic acids is 1. The van der Waals surface area contributed by atoms with Gasteiger partial charge in [0.2, 0.25) is 12.7 Å². The number of aromatic carboxylic acids is 1. The molecular weight excluding hydrogens is 398 g/mol. The summed E-state index contributed by atoms with van der Waals surface area (Å²) in [6.45, 7) is 1.78. The first-order valence-corrected chi connectivity index (χ1v) is 9.79. The molecule has 9 nitrogen and oxygen atoms in total. The number of carbonyl (C=O) groups is 2. The van der Waals surface area contributed by atoms with Crippen LogP contribution in [0.5, 0.6) is 11.5 Å². The van der Waals surface area contributed by atoms with Crippen LogP contribution in [-0.4, -0.2) is 33.3 Å². The first kappa shape index (κ1) is 18.9. The molecule has 1 aliphatic heterocycles. The molecule has 150 valence electrons. The first-order valence-electron chi connectivity index (χ1n) is 8.91. The molecule has 1 aromatic carbocycles. The maximum absolute atomic E-state index is 13.0. The molecular formula is C19H17N3O6S. The highest BCUT2D eigenvalue weighted by atomic mass is 32.1. The Bertz CT molecular complexity index is 1180. The summed E-state index contributed by atoms with van der Waals surface area (Å²) in [6.07, 6.45) is 1.21. The van der Waals surface area contributed by atoms with Crippen LogP contribution in [0.2, 0.25) is 0 Å². The van der Waals surface area contributed by atoms with E-state index in [0.29, 0.717) is 34.3 Å². The lowest BCUT2D eigenvalue weighted by molar-refractivity contribution is -0.116. The van der Waals surface area contributed by atoms with Gasteiger partial charge in [-0.25, -0.2) is 9.78 Å². The molecule has 1 aliphatic rings. The summed E-state index contributed by atoms with van der Waals surface area (Å²) in [7, 11) is 0. The Balaban J connectivity index is 1.66. The van der Waals surface area contributed by atoms with Crippen LogP contribution in [0.1, 0.15) is 29.5 Å². The number of nitrogens with zero attached hydrogens (tertiary/aromatic N) is 2. The number of thiophene rings is 1. The summed E-state index contributed by atoms with van der Waals surface area (Å²) in [5.41, 5.74) is -0.131. The predicted octanol–water partition coefficient (Wildman–Crippen LogP) is 2.48. The fraction of sp³-hybridized carbons (Fsp3) is 0.263. The van der Waals surface area contributed by atoms with Crippen LogP contribution in [-0.2, 0) is 17.8 Å². The zero-order valence-corrected chi connectivity index (χ0v) is 16.2. The van der Waals surface area contributed by atoms with Crippen molar-refractivity contribution in [2.24, 2.45) is 0 Å². The summed E-state index contributed by atoms with van der Waals surface area (Å²) in [5, 5.41) is 13.5. The number of fused-ring (bicyclic) bond motifs is 2. The summed E-state index contributed by atoms with van der Waals surface area (Å²) in [6, 6.07) is 4.99. The highest BCUT2D eigenvalue weighted by molar-refractivity contribution is 7.17. The lowest BCUT2D eigenvalue weighted by Crippen LogP contribution is -2.31. The Morgan fingerprint density at radius 3 is 2.86 bits per heavy atom. The monoisotopic (exact) mass is 415 g/mol. The van der Waals surface area contributed by atoms with Gasteiger partial charge in [-0.2, -0.15) is 0 Å². The number of aromatic nitrogens is 2. The second kappa shape index (κ2) is 7.55. The Morgan fingerprint density at radius 2 is 2.10 bits per heavy atom. The molecule has 0 radical (unpaired) electrons. The maximum Gasteiger partial charge on any atom is 0.337 e. The van der Waals surface area contributed by atoms with Crippen LogP contribution >= 0.6 is 11.3 Å². The van der Waals surface area contributed by atoms with Crippen molar-refractivity contribution in [3.05, 3.63) is 45.3 Å². The standard InChI is InChI=1S/C19H17N3O6S/c1-2-3-14-21-17-16(11(8-29-17)19(25)26)18(24)22(14)7-15(23)20-10-4-5-12-13(6-10)28-9-27-12/h4-6,8H,2-3,7,9H2,1H3,(H,20,23)(H,25,26). The number of hydrogen-bond acceptors (Lipinski definition) is 7. The molecule has 0 spiro atoms. The molecule has 3 aromatic rings. The topological polar surface area (TPSA) is 120 Å². The number of ether oxygens (including phenoxy) is 2. The molecule has 4 rings (SSSR count). The van der Waals surface area contributed by atoms with Crippen molar-refractivity contribution in [3.8, 4) is 11.5 Å². The van der Waals surface area contributed by atoms with Gasteiger partial charge in [-0.05, 0) is 18.6 Å². The predicted molar refractivity (Wildman–Crippen MR) is 106 cm³/mol. The van der Waals surface area contributed by atoms with Crippen molar-refractivity contribution < 1.29 is 24.2 Å². The minimum absolute atomic E-state index is 0.0261. The fourth-order valence-corrected chi connectivity index (χ4v) is 4.04. The normalized spacial score (nSPS) is 12.3. The summed E-state index contributed by atoms with van der Waals surface area (Å²) < 4.78 is 11.8. The van der Waals surface area contributed by atoms with E-state index in [2.05, 4.69) is 10.3 Å². The number of anilines is 1. The van der Waals surface area contributed by atoms with E-state index in [1.807, 2.05) is 6.92 Å². The molecule has 1 amide bonds. The Labute approximate surface area is 168 Å². The fourth-order valence-electron chi connectivity index (χ4n) is 3.12. The Morgan fingerprint density at radius 1 is 1.31 bits per heavy atom. The van der Waals surface area contributed by atoms with Gasteiger partial charge in [0.05, 0.1) is 10.9 Å². The Hall–Kier alpha value is -3.40. The van der Waals surface area contributed by atoms with Gasteiger partial charge in [-0.3, -0.25) is 14.2 Å². The van der Waals surface area contributed by atoms with Gasteiger partial charge in [0.25, 0.3) is 5.56 Å². The first-order chi connectivity index (χ1) is 14.0. The molecule has 10 heteroatoms. The molecule has 3 heterocycles. The molecule has 29 heavy (non-hydrogen) atoms. The van der Waals surface area contributed by atoms with Crippen molar-refractivity contribution in [2.75, 3.05) is 12.1 Å². The van der Waals surface area contributed by atoms with Crippen molar-refractivity contribution in [2.45, 2.75) is 26.3 Å². The van der Waals surface area contributed by atoms with Crippen LogP contribution < -0.4 is 20.3 Å². The van der Waals surface area contributed by atoms with Gasteiger partial charge in [0.15, 0.2) is 11.5 Å². The van der Waals surface area contributed by atoms with E-state index in [4.69, 9.17) is 9.47 Å². The quantitative estimate of drug-likeness (QED) is 0.635. The largest absolute Gasteiger partial charge is 0.478 e. The SMILES string of the molecule is CCCc1nc2scc(C(=O)O)c2c(=O)n1CC(=O)Nc1ccc2c(c1)OCO2. The van der Waals surface area contributed by atoms with Gasteiger partial charge < -0.3 is 19.9 Å². The second-order valence-corrected chi connectivity index (χ2v) is 7.28. The van der Waals surface area contributed by atoms with E-state index in [1.54, 1.807) is 18.2 Å². The lowest BCUT2D eigenvalue weighted by atomic mass is 10.2. The summed E-state index contributed by atoms with van der Waals surface area (Å²) in [5.74, 6) is -0.0622. The van der Waals surface area contributed by atoms with E-state index in [0.717, 1.165) is 17.8 Å². The van der Waals surface area contributed by atoms with E-state index in [1.165, 1.54) is 9.95 Å². The zero-order valence-electron chi connectivity index (χ0n) is 15.4. The van der Waals surface area contributed by atoms with E-state index < -0.39 is 17.4 Å². The molecule has 0 saturated carbocycles. The van der Waals surface area contributed by atoms with E-state index in [9.17, 15) is 19.5 Å². The van der Waals surface area contributed by atoms with Crippen molar-refractivity contribution in [1.29, 1.82) is 0 Å². The number of carboxylic acid groups (broad SMARTS) is 1. The number of aryl methyl sites for hydroxylation is 1. The number of nitrogens with one attached hydrogen (secondary N) is 1. The maximum atomic E-state index is 13.0. The van der Waals surface area contributed by atoms with Crippen LogP contribution in [0.4, 0.5) is 5.69 Å². The Kier molecular flexibility index (Phi) is 4.93. The molecule has 0 fully saturated rings. The summed E-state index contributed by atoms with van der Waals surface area (Å²) in [4.78, 5) is 41.8. The van der Waals surface area contributed by atoms with Crippen molar-refractivity contribution in [3.63, 3.8) is 0 Å². The highest BCUT2D eigenvalue weighted by Gasteiger charge is 2.21. The molecule has 0 unspecified atom stereocenters. The molecule has 0 atom stereocenters. The van der Waals surface area contributed by atoms with Crippen LogP contribution in [0, 0.1) is 0 Å². The van der Waals surface area contributed by atoms with Crippen molar-refractivity contribution >= 4 is 39.1 Å². The minimum Gasteiger partial charge on any atom is -0.478 e. The van der Waals surface area contributed by atoms with E-state index in [-0.39, 0.29) is 24.3 Å². The number of carboxylic acids is 1. The number of rotatable bonds is 6. The van der Waals surface area contributed by atoms with E-state index >= 15 is 0 Å². The minimum atomic E-state index is -1.20. The van der Waals surface area contributed by atoms with Crippen LogP contribution in [0.15, 0.2) is 28.4 Å². The van der Waals surface area contributed by atoms with Gasteiger partial charge >= 0.3 is 5.97 Å². The third-order valence-electron chi connectivity index (χ3n) is 4.43. The number of amides is 1. The van der Waals surface area contributed by atoms with Crippen LogP contribution in [0.25, 0.3) is 10.2 Å². The van der Waals surface area contributed by atoms with Gasteiger partial charge in [0, 0.05) is 23.6 Å². The molecule has 0 saturated heterocycles. The third-order valence-corrected chi connectivity index (χ3v) is 5.31.